The number of para-hydroxylation sites is 1. The van der Waals surface area contributed by atoms with Gasteiger partial charge in [0.15, 0.2) is 28.7 Å². The van der Waals surface area contributed by atoms with Crippen LogP contribution in [0.15, 0.2) is 36.7 Å². The van der Waals surface area contributed by atoms with E-state index in [2.05, 4.69) is 32.9 Å². The Morgan fingerprint density at radius 3 is 2.50 bits per heavy atom. The quantitative estimate of drug-likeness (QED) is 0.0341. The van der Waals surface area contributed by atoms with Crippen LogP contribution in [0.4, 0.5) is 15.0 Å². The SMILES string of the molecule is C#C[C@]1(CO[P@@](=O)(N[C@@H](C)C(=O)OCC(CC)CC)Oc2ccccc2)O[C@@H](n2cnc3c(N)nc(F)nc32)C[C@@H]1OC(=O)OCCCCCCCCC. The van der Waals surface area contributed by atoms with Crippen molar-refractivity contribution in [3.05, 3.63) is 42.7 Å². The van der Waals surface area contributed by atoms with E-state index in [1.807, 2.05) is 13.8 Å². The number of aromatic nitrogens is 4. The van der Waals surface area contributed by atoms with E-state index < -0.39 is 56.5 Å². The summed E-state index contributed by atoms with van der Waals surface area (Å²) in [5.74, 6) is 1.98. The highest BCUT2D eigenvalue weighted by Gasteiger charge is 2.53. The lowest BCUT2D eigenvalue weighted by atomic mass is 9.99. The van der Waals surface area contributed by atoms with E-state index in [1.165, 1.54) is 24.2 Å². The molecular formula is C37H52FN6O9P. The summed E-state index contributed by atoms with van der Waals surface area (Å²) >= 11 is 0. The molecule has 1 aromatic carbocycles. The van der Waals surface area contributed by atoms with Gasteiger partial charge in [0.05, 0.1) is 19.5 Å². The average Bonchev–Trinajstić information content (AvgIpc) is 3.74. The fraction of sp³-hybridized carbons (Fsp3) is 0.595. The molecule has 0 unspecified atom stereocenters. The molecule has 0 amide bonds. The maximum atomic E-state index is 14.4. The zero-order valence-electron chi connectivity index (χ0n) is 31.4. The molecule has 0 bridgehead atoms. The third-order valence-corrected chi connectivity index (χ3v) is 10.8. The molecule has 0 spiro atoms. The lowest BCUT2D eigenvalue weighted by molar-refractivity contribution is -0.146. The number of ether oxygens (including phenoxy) is 4. The third-order valence-electron chi connectivity index (χ3n) is 9.20. The van der Waals surface area contributed by atoms with E-state index in [9.17, 15) is 18.5 Å². The van der Waals surface area contributed by atoms with Crippen LogP contribution in [0.25, 0.3) is 11.2 Å². The molecule has 1 aliphatic heterocycles. The van der Waals surface area contributed by atoms with Crippen LogP contribution in [0, 0.1) is 24.3 Å². The smallest absolute Gasteiger partial charge is 0.464 e. The van der Waals surface area contributed by atoms with Crippen molar-refractivity contribution < 1.29 is 46.5 Å². The maximum Gasteiger partial charge on any atom is 0.508 e. The van der Waals surface area contributed by atoms with Crippen molar-refractivity contribution in [3.8, 4) is 18.1 Å². The number of benzene rings is 1. The molecule has 3 heterocycles. The van der Waals surface area contributed by atoms with E-state index >= 15 is 0 Å². The van der Waals surface area contributed by atoms with E-state index in [4.69, 9.17) is 40.2 Å². The van der Waals surface area contributed by atoms with Crippen LogP contribution < -0.4 is 15.3 Å². The summed E-state index contributed by atoms with van der Waals surface area (Å²) in [6, 6.07) is 7.03. The third kappa shape index (κ3) is 11.6. The number of esters is 1. The number of nitrogens with zero attached hydrogens (tertiary/aromatic N) is 4. The number of fused-ring (bicyclic) bond motifs is 1. The number of anilines is 1. The van der Waals surface area contributed by atoms with Crippen molar-refractivity contribution >= 4 is 36.9 Å². The number of rotatable bonds is 22. The van der Waals surface area contributed by atoms with Gasteiger partial charge in [0.2, 0.25) is 0 Å². The van der Waals surface area contributed by atoms with Crippen molar-refractivity contribution in [2.75, 3.05) is 25.6 Å². The van der Waals surface area contributed by atoms with E-state index in [-0.39, 0.29) is 48.3 Å². The standard InChI is InChI=1S/C37H52FN6O9P/c1-6-10-11-12-13-14-18-21-48-36(46)51-29-22-30(44-25-40-31-32(39)41-35(38)42-33(31)44)52-37(29,9-4)24-50-54(47,53-28-19-16-15-17-20-28)43-26(5)34(45)49-23-27(7-2)8-3/h4,15-17,19-20,25-27,29-30H,6-8,10-14,18,21-24H2,1-3,5H3,(H,43,47)(H2,39,41,42)/t26-,29-,30+,37+,54-/m0/s1. The second-order valence-corrected chi connectivity index (χ2v) is 14.9. The van der Waals surface area contributed by atoms with Crippen molar-refractivity contribution in [1.82, 2.24) is 24.6 Å². The summed E-state index contributed by atoms with van der Waals surface area (Å²) in [7, 11) is -4.45. The molecule has 4 rings (SSSR count). The van der Waals surface area contributed by atoms with Crippen molar-refractivity contribution in [2.24, 2.45) is 5.92 Å². The second-order valence-electron chi connectivity index (χ2n) is 13.2. The first-order chi connectivity index (χ1) is 26.0. The summed E-state index contributed by atoms with van der Waals surface area (Å²) in [4.78, 5) is 37.5. The van der Waals surface area contributed by atoms with Crippen LogP contribution in [-0.4, -0.2) is 69.2 Å². The molecule has 54 heavy (non-hydrogen) atoms. The minimum Gasteiger partial charge on any atom is -0.464 e. The number of nitrogens with one attached hydrogen (secondary N) is 1. The number of unbranched alkanes of at least 4 members (excludes halogenated alkanes) is 6. The monoisotopic (exact) mass is 774 g/mol. The van der Waals surface area contributed by atoms with Crippen LogP contribution in [0.1, 0.15) is 98.1 Å². The van der Waals surface area contributed by atoms with Gasteiger partial charge in [-0.1, -0.05) is 96.3 Å². The lowest BCUT2D eigenvalue weighted by Gasteiger charge is -2.31. The minimum absolute atomic E-state index is 0.000486. The molecule has 0 aliphatic carbocycles. The van der Waals surface area contributed by atoms with Gasteiger partial charge in [0.25, 0.3) is 0 Å². The maximum absolute atomic E-state index is 14.4. The molecule has 0 radical (unpaired) electrons. The predicted molar refractivity (Wildman–Crippen MR) is 198 cm³/mol. The van der Waals surface area contributed by atoms with Crippen molar-refractivity contribution in [2.45, 2.75) is 116 Å². The average molecular weight is 775 g/mol. The van der Waals surface area contributed by atoms with Gasteiger partial charge in [-0.25, -0.2) is 14.3 Å². The number of carbonyl (C=O) groups excluding carboxylic acids is 2. The number of hydrogen-bond acceptors (Lipinski definition) is 13. The second kappa shape index (κ2) is 20.4. The van der Waals surface area contributed by atoms with Crippen molar-refractivity contribution in [3.63, 3.8) is 0 Å². The first kappa shape index (κ1) is 42.5. The highest BCUT2D eigenvalue weighted by Crippen LogP contribution is 2.48. The van der Waals surface area contributed by atoms with Crippen molar-refractivity contribution in [1.29, 1.82) is 0 Å². The first-order valence-electron chi connectivity index (χ1n) is 18.5. The van der Waals surface area contributed by atoms with Crippen LogP contribution in [0.2, 0.25) is 0 Å². The Morgan fingerprint density at radius 2 is 1.81 bits per heavy atom. The van der Waals surface area contributed by atoms with Gasteiger partial charge in [-0.3, -0.25) is 13.9 Å². The molecule has 1 fully saturated rings. The largest absolute Gasteiger partial charge is 0.508 e. The Morgan fingerprint density at radius 1 is 1.11 bits per heavy atom. The summed E-state index contributed by atoms with van der Waals surface area (Å²) in [5, 5.41) is 2.65. The molecule has 1 aliphatic rings. The van der Waals surface area contributed by atoms with Gasteiger partial charge < -0.3 is 29.2 Å². The van der Waals surface area contributed by atoms with Crippen LogP contribution >= 0.6 is 7.75 Å². The zero-order chi connectivity index (χ0) is 39.1. The number of halogens is 1. The summed E-state index contributed by atoms with van der Waals surface area (Å²) in [6.07, 6.45) is 11.7. The molecular weight excluding hydrogens is 722 g/mol. The molecule has 17 heteroatoms. The summed E-state index contributed by atoms with van der Waals surface area (Å²) < 4.78 is 64.8. The number of terminal acetylenes is 1. The first-order valence-corrected chi connectivity index (χ1v) is 20.1. The lowest BCUT2D eigenvalue weighted by Crippen LogP contribution is -2.46. The normalized spacial score (nSPS) is 19.9. The summed E-state index contributed by atoms with van der Waals surface area (Å²) in [6.45, 7) is 7.27. The fourth-order valence-electron chi connectivity index (χ4n) is 5.87. The molecule has 3 aromatic rings. The topological polar surface area (TPSA) is 188 Å². The van der Waals surface area contributed by atoms with Gasteiger partial charge in [0, 0.05) is 6.42 Å². The number of nitrogen functional groups attached to an aromatic ring is 1. The van der Waals surface area contributed by atoms with Crippen LogP contribution in [0.5, 0.6) is 5.75 Å². The highest BCUT2D eigenvalue weighted by molar-refractivity contribution is 7.52. The van der Waals surface area contributed by atoms with Gasteiger partial charge in [-0.05, 0) is 31.4 Å². The van der Waals surface area contributed by atoms with Gasteiger partial charge >= 0.3 is 25.9 Å². The number of nitrogens with two attached hydrogens (primary N) is 1. The molecule has 3 N–H and O–H groups in total. The Bertz CT molecular complexity index is 1750. The van der Waals surface area contributed by atoms with E-state index in [0.717, 1.165) is 44.9 Å². The Balaban J connectivity index is 1.56. The van der Waals surface area contributed by atoms with E-state index in [1.54, 1.807) is 30.3 Å². The molecule has 15 nitrogen and oxygen atoms in total. The Hall–Kier alpha value is -4.29. The predicted octanol–water partition coefficient (Wildman–Crippen LogP) is 7.27. The van der Waals surface area contributed by atoms with Gasteiger partial charge in [-0.15, -0.1) is 6.42 Å². The molecule has 296 valence electrons. The molecule has 0 saturated carbocycles. The molecule has 2 aromatic heterocycles. The molecule has 5 atom stereocenters. The number of hydrogen-bond donors (Lipinski definition) is 2. The number of carbonyl (C=O) groups is 2. The zero-order valence-corrected chi connectivity index (χ0v) is 32.3. The van der Waals surface area contributed by atoms with Gasteiger partial charge in [0.1, 0.15) is 24.6 Å². The highest BCUT2D eigenvalue weighted by atomic mass is 31.2. The Kier molecular flexibility index (Phi) is 16.0. The van der Waals surface area contributed by atoms with Crippen LogP contribution in [-0.2, 0) is 32.8 Å². The fourth-order valence-corrected chi connectivity index (χ4v) is 7.39. The molecule has 1 saturated heterocycles. The Labute approximate surface area is 315 Å². The summed E-state index contributed by atoms with van der Waals surface area (Å²) in [5.41, 5.74) is 4.07. The minimum atomic E-state index is -4.45. The van der Waals surface area contributed by atoms with Gasteiger partial charge in [-0.2, -0.15) is 19.4 Å². The number of imidazole rings is 1. The van der Waals surface area contributed by atoms with E-state index in [0.29, 0.717) is 6.42 Å². The van der Waals surface area contributed by atoms with Crippen LogP contribution in [0.3, 0.4) is 0 Å².